The smallest absolute Gasteiger partial charge is 0.243 e. The number of anilines is 1. The summed E-state index contributed by atoms with van der Waals surface area (Å²) in [4.78, 5) is 28.6. The minimum Gasteiger partial charge on any atom is -0.384 e. The highest BCUT2D eigenvalue weighted by Gasteiger charge is 2.21. The first kappa shape index (κ1) is 21.0. The molecule has 0 fully saturated rings. The molecule has 5 N–H and O–H groups in total. The van der Waals surface area contributed by atoms with Crippen LogP contribution in [0.25, 0.3) is 0 Å². The van der Waals surface area contributed by atoms with E-state index in [4.69, 9.17) is 28.9 Å². The summed E-state index contributed by atoms with van der Waals surface area (Å²) in [6.45, 7) is 0.374. The van der Waals surface area contributed by atoms with Crippen molar-refractivity contribution in [3.63, 3.8) is 0 Å². The van der Waals surface area contributed by atoms with Crippen molar-refractivity contribution in [3.8, 4) is 0 Å². The lowest BCUT2D eigenvalue weighted by Gasteiger charge is -2.19. The highest BCUT2D eigenvalue weighted by Crippen LogP contribution is 2.23. The van der Waals surface area contributed by atoms with Gasteiger partial charge in [0.15, 0.2) is 0 Å². The predicted molar refractivity (Wildman–Crippen MR) is 107 cm³/mol. The first-order valence-electron chi connectivity index (χ1n) is 8.25. The van der Waals surface area contributed by atoms with Crippen LogP contribution in [0, 0.1) is 0 Å². The van der Waals surface area contributed by atoms with Crippen LogP contribution in [-0.2, 0) is 22.6 Å². The minimum atomic E-state index is -0.759. The van der Waals surface area contributed by atoms with Crippen molar-refractivity contribution in [2.75, 3.05) is 19.3 Å². The summed E-state index contributed by atoms with van der Waals surface area (Å²) in [6, 6.07) is 7.77. The number of likely N-dealkylation sites (N-methyl/N-ethyl adjacent to an activating group) is 1. The normalized spacial score (nSPS) is 11.7. The van der Waals surface area contributed by atoms with E-state index in [1.165, 1.54) is 0 Å². The number of hydrogen-bond acceptors (Lipinski definition) is 5. The van der Waals surface area contributed by atoms with Gasteiger partial charge in [-0.05, 0) is 36.4 Å². The number of carbonyl (C=O) groups is 2. The van der Waals surface area contributed by atoms with Gasteiger partial charge < -0.3 is 21.7 Å². The molecule has 1 unspecified atom stereocenters. The molecule has 1 aromatic heterocycles. The fourth-order valence-corrected chi connectivity index (χ4v) is 2.69. The lowest BCUT2D eigenvalue weighted by atomic mass is 10.0. The third-order valence-corrected chi connectivity index (χ3v) is 4.47. The summed E-state index contributed by atoms with van der Waals surface area (Å²) in [5.74, 6) is -0.198. The lowest BCUT2D eigenvalue weighted by Crippen LogP contribution is -2.49. The van der Waals surface area contributed by atoms with Crippen molar-refractivity contribution in [1.29, 1.82) is 0 Å². The predicted octanol–water partition coefficient (Wildman–Crippen LogP) is 1.53. The molecule has 2 aromatic rings. The third-order valence-electron chi connectivity index (χ3n) is 3.73. The molecule has 0 aliphatic carbocycles. The van der Waals surface area contributed by atoms with Crippen molar-refractivity contribution in [3.05, 3.63) is 57.7 Å². The van der Waals surface area contributed by atoms with E-state index >= 15 is 0 Å². The number of halogens is 2. The second-order valence-electron chi connectivity index (χ2n) is 5.91. The molecule has 2 amide bonds. The second-order valence-corrected chi connectivity index (χ2v) is 6.73. The molecule has 2 rings (SSSR count). The molecule has 0 saturated heterocycles. The SMILES string of the molecule is CNCC(=O)NC(Cc1ccc(Cl)c(Cl)c1)C(=O)NCc1ccc(N)nc1. The molecule has 9 heteroatoms. The number of nitrogens with two attached hydrogens (primary N) is 1. The van der Waals surface area contributed by atoms with Gasteiger partial charge >= 0.3 is 0 Å². The Morgan fingerprint density at radius 2 is 1.89 bits per heavy atom. The first-order chi connectivity index (χ1) is 12.9. The van der Waals surface area contributed by atoms with Crippen LogP contribution in [0.15, 0.2) is 36.5 Å². The van der Waals surface area contributed by atoms with Gasteiger partial charge in [0.2, 0.25) is 11.8 Å². The van der Waals surface area contributed by atoms with Gasteiger partial charge in [-0.15, -0.1) is 0 Å². The largest absolute Gasteiger partial charge is 0.384 e. The molecule has 0 spiro atoms. The summed E-state index contributed by atoms with van der Waals surface area (Å²) < 4.78 is 0. The molecular weight excluding hydrogens is 389 g/mol. The van der Waals surface area contributed by atoms with E-state index in [1.54, 1.807) is 43.6 Å². The van der Waals surface area contributed by atoms with Crippen molar-refractivity contribution in [2.24, 2.45) is 0 Å². The second kappa shape index (κ2) is 10.1. The number of aromatic nitrogens is 1. The Balaban J connectivity index is 2.07. The van der Waals surface area contributed by atoms with Crippen LogP contribution in [0.4, 0.5) is 5.82 Å². The first-order valence-corrected chi connectivity index (χ1v) is 9.00. The number of nitrogen functional groups attached to an aromatic ring is 1. The lowest BCUT2D eigenvalue weighted by molar-refractivity contribution is -0.128. The van der Waals surface area contributed by atoms with Crippen LogP contribution in [0.2, 0.25) is 10.0 Å². The number of pyridine rings is 1. The van der Waals surface area contributed by atoms with Crippen LogP contribution >= 0.6 is 23.2 Å². The summed E-state index contributed by atoms with van der Waals surface area (Å²) >= 11 is 12.0. The molecule has 1 atom stereocenters. The van der Waals surface area contributed by atoms with Gasteiger partial charge in [-0.2, -0.15) is 0 Å². The number of amides is 2. The molecule has 1 aromatic carbocycles. The maximum atomic E-state index is 12.6. The number of hydrogen-bond donors (Lipinski definition) is 4. The molecule has 0 aliphatic rings. The summed E-state index contributed by atoms with van der Waals surface area (Å²) in [5.41, 5.74) is 7.13. The molecule has 0 saturated carbocycles. The Kier molecular flexibility index (Phi) is 7.84. The fraction of sp³-hybridized carbons (Fsp3) is 0.278. The molecule has 27 heavy (non-hydrogen) atoms. The fourth-order valence-electron chi connectivity index (χ4n) is 2.37. The molecule has 1 heterocycles. The molecule has 0 bridgehead atoms. The quantitative estimate of drug-likeness (QED) is 0.528. The van der Waals surface area contributed by atoms with E-state index in [-0.39, 0.29) is 31.3 Å². The molecule has 144 valence electrons. The average molecular weight is 410 g/mol. The Bertz CT molecular complexity index is 799. The van der Waals surface area contributed by atoms with Gasteiger partial charge in [-0.3, -0.25) is 9.59 Å². The van der Waals surface area contributed by atoms with Gasteiger partial charge in [0.1, 0.15) is 11.9 Å². The van der Waals surface area contributed by atoms with Crippen LogP contribution in [0.5, 0.6) is 0 Å². The van der Waals surface area contributed by atoms with Gasteiger partial charge in [0.25, 0.3) is 0 Å². The number of benzene rings is 1. The Hall–Kier alpha value is -2.35. The van der Waals surface area contributed by atoms with Gasteiger partial charge in [-0.25, -0.2) is 4.98 Å². The maximum absolute atomic E-state index is 12.6. The Morgan fingerprint density at radius 1 is 1.15 bits per heavy atom. The monoisotopic (exact) mass is 409 g/mol. The zero-order valence-corrected chi connectivity index (χ0v) is 16.3. The number of nitrogens with one attached hydrogen (secondary N) is 3. The van der Waals surface area contributed by atoms with Gasteiger partial charge in [-0.1, -0.05) is 35.3 Å². The van der Waals surface area contributed by atoms with E-state index in [0.717, 1.165) is 11.1 Å². The molecule has 0 radical (unpaired) electrons. The Morgan fingerprint density at radius 3 is 2.52 bits per heavy atom. The minimum absolute atomic E-state index is 0.104. The van der Waals surface area contributed by atoms with Crippen molar-refractivity contribution in [2.45, 2.75) is 19.0 Å². The van der Waals surface area contributed by atoms with Crippen LogP contribution in [-0.4, -0.2) is 36.4 Å². The van der Waals surface area contributed by atoms with Gasteiger partial charge in [0.05, 0.1) is 16.6 Å². The van der Waals surface area contributed by atoms with Crippen LogP contribution < -0.4 is 21.7 Å². The maximum Gasteiger partial charge on any atom is 0.243 e. The summed E-state index contributed by atoms with van der Waals surface area (Å²) in [5, 5.41) is 9.09. The van der Waals surface area contributed by atoms with E-state index in [2.05, 4.69) is 20.9 Å². The average Bonchev–Trinajstić information content (AvgIpc) is 2.63. The third kappa shape index (κ3) is 6.71. The summed E-state index contributed by atoms with van der Waals surface area (Å²) in [6.07, 6.45) is 1.86. The highest BCUT2D eigenvalue weighted by atomic mass is 35.5. The highest BCUT2D eigenvalue weighted by molar-refractivity contribution is 6.42. The topological polar surface area (TPSA) is 109 Å². The van der Waals surface area contributed by atoms with Crippen molar-refractivity contribution in [1.82, 2.24) is 20.9 Å². The molecule has 7 nitrogen and oxygen atoms in total. The Labute approximate surface area is 167 Å². The van der Waals surface area contributed by atoms with Crippen molar-refractivity contribution < 1.29 is 9.59 Å². The molecular formula is C18H21Cl2N5O2. The van der Waals surface area contributed by atoms with Gasteiger partial charge in [0, 0.05) is 19.2 Å². The van der Waals surface area contributed by atoms with E-state index in [0.29, 0.717) is 15.9 Å². The molecule has 0 aliphatic heterocycles. The van der Waals surface area contributed by atoms with E-state index in [1.807, 2.05) is 0 Å². The standard InChI is InChI=1S/C18H21Cl2N5O2/c1-22-10-17(26)25-15(7-11-2-4-13(19)14(20)6-11)18(27)24-9-12-3-5-16(21)23-8-12/h2-6,8,15,22H,7,9-10H2,1H3,(H2,21,23)(H,24,27)(H,25,26). The number of rotatable bonds is 8. The van der Waals surface area contributed by atoms with Crippen molar-refractivity contribution >= 4 is 40.8 Å². The van der Waals surface area contributed by atoms with E-state index < -0.39 is 6.04 Å². The van der Waals surface area contributed by atoms with Crippen LogP contribution in [0.3, 0.4) is 0 Å². The van der Waals surface area contributed by atoms with Crippen LogP contribution in [0.1, 0.15) is 11.1 Å². The zero-order valence-electron chi connectivity index (χ0n) is 14.8. The number of nitrogens with zero attached hydrogens (tertiary/aromatic N) is 1. The van der Waals surface area contributed by atoms with E-state index in [9.17, 15) is 9.59 Å². The zero-order chi connectivity index (χ0) is 19.8. The number of carbonyl (C=O) groups excluding carboxylic acids is 2. The summed E-state index contributed by atoms with van der Waals surface area (Å²) in [7, 11) is 1.65.